The largest absolute Gasteiger partial charge is 1.42 e. The monoisotopic (exact) mass is 196 g/mol. The second kappa shape index (κ2) is 11.2. The number of rotatable bonds is 1. The van der Waals surface area contributed by atoms with Gasteiger partial charge in [-0.3, -0.25) is 0 Å². The Balaban J connectivity index is 0. The van der Waals surface area contributed by atoms with Crippen LogP contribution in [0.3, 0.4) is 0 Å². The Hall–Kier alpha value is 0.236. The summed E-state index contributed by atoms with van der Waals surface area (Å²) in [6, 6.07) is 10.5. The average Bonchev–Trinajstić information content (AvgIpc) is 2.08. The molecule has 0 aliphatic carbocycles. The first-order valence-corrected chi connectivity index (χ1v) is 4.76. The fraction of sp³-hybridized carbons (Fsp3) is 0.333. The molecule has 0 aliphatic rings. The number of halogens is 1. The Morgan fingerprint density at radius 1 is 1.17 bits per heavy atom. The molecule has 0 atom stereocenters. The molecule has 0 saturated heterocycles. The van der Waals surface area contributed by atoms with Crippen LogP contribution in [0.5, 0.6) is 0 Å². The first kappa shape index (κ1) is 14.7. The van der Waals surface area contributed by atoms with Crippen LogP contribution in [0.1, 0.15) is 5.56 Å². The maximum absolute atomic E-state index is 2.75. The van der Waals surface area contributed by atoms with Crippen LogP contribution < -0.4 is 5.32 Å². The third-order valence-electron chi connectivity index (χ3n) is 1.13. The lowest BCUT2D eigenvalue weighted by atomic mass is 10.2. The predicted molar refractivity (Wildman–Crippen MR) is 58.1 cm³/mol. The second-order valence-corrected chi connectivity index (χ2v) is 2.74. The molecule has 0 heterocycles. The van der Waals surface area contributed by atoms with Crippen molar-refractivity contribution in [3.63, 3.8) is 0 Å². The van der Waals surface area contributed by atoms with Crippen LogP contribution in [0.2, 0.25) is 0 Å². The summed E-state index contributed by atoms with van der Waals surface area (Å²) >= 11 is 1.98. The summed E-state index contributed by atoms with van der Waals surface area (Å²) in [5.74, 6) is 0. The van der Waals surface area contributed by atoms with E-state index in [9.17, 15) is 0 Å². The van der Waals surface area contributed by atoms with Gasteiger partial charge < -0.3 is 5.32 Å². The molecule has 12 heavy (non-hydrogen) atoms. The second-order valence-electron chi connectivity index (χ2n) is 2.24. The molecule has 0 spiro atoms. The molecule has 0 aliphatic heterocycles. The molecule has 1 N–H and O–H groups in total. The molecule has 0 unspecified atom stereocenters. The third-order valence-corrected chi connectivity index (χ3v) is 1.71. The Kier molecular flexibility index (Phi) is 13.8. The van der Waals surface area contributed by atoms with Crippen molar-refractivity contribution in [2.45, 2.75) is 4.55 Å². The van der Waals surface area contributed by atoms with Gasteiger partial charge in [-0.2, -0.15) is 0 Å². The third kappa shape index (κ3) is 8.33. The van der Waals surface area contributed by atoms with Crippen molar-refractivity contribution in [3.8, 4) is 0 Å². The fourth-order valence-corrected chi connectivity index (χ4v) is 0.978. The highest BCUT2D eigenvalue weighted by Gasteiger charge is 2.22. The SMILES string of the molecule is CNC.Cl.[Mg+2][CH2]c1ccccc1. The molecule has 1 rings (SSSR count). The van der Waals surface area contributed by atoms with Crippen molar-refractivity contribution < 1.29 is 0 Å². The molecular formula is C9H15ClMgN+2. The normalized spacial score (nSPS) is 7.58. The standard InChI is InChI=1S/C7H7.C2H7N.ClH.Mg/c1-7-5-3-2-4-6-7;1-3-2;;/h2-6H,1H2;3H,1-2H3;1H;/q;;;+2. The van der Waals surface area contributed by atoms with Gasteiger partial charge in [-0.15, -0.1) is 12.4 Å². The summed E-state index contributed by atoms with van der Waals surface area (Å²) in [4.78, 5) is 0. The van der Waals surface area contributed by atoms with Crippen LogP contribution in [0.4, 0.5) is 0 Å². The van der Waals surface area contributed by atoms with Crippen LogP contribution >= 0.6 is 12.4 Å². The van der Waals surface area contributed by atoms with E-state index in [0.717, 1.165) is 0 Å². The van der Waals surface area contributed by atoms with E-state index < -0.39 is 0 Å². The number of hydrogen-bond acceptors (Lipinski definition) is 1. The zero-order valence-corrected chi connectivity index (χ0v) is 9.94. The Labute approximate surface area is 93.8 Å². The molecule has 1 nitrogen and oxygen atoms in total. The van der Waals surface area contributed by atoms with Gasteiger partial charge in [0.15, 0.2) is 0 Å². The van der Waals surface area contributed by atoms with Gasteiger partial charge >= 0.3 is 21.7 Å². The minimum absolute atomic E-state index is 0. The van der Waals surface area contributed by atoms with E-state index in [2.05, 4.69) is 29.6 Å². The number of hydrogen-bond donors (Lipinski definition) is 1. The maximum Gasteiger partial charge on any atom is 1.42 e. The van der Waals surface area contributed by atoms with E-state index in [0.29, 0.717) is 0 Å². The van der Waals surface area contributed by atoms with Crippen molar-refractivity contribution in [3.05, 3.63) is 35.9 Å². The summed E-state index contributed by atoms with van der Waals surface area (Å²) in [7, 11) is 3.75. The number of nitrogens with one attached hydrogen (secondary N) is 1. The quantitative estimate of drug-likeness (QED) is 0.674. The van der Waals surface area contributed by atoms with Crippen LogP contribution in [0.25, 0.3) is 0 Å². The maximum atomic E-state index is 2.75. The van der Waals surface area contributed by atoms with Gasteiger partial charge in [0, 0.05) is 5.56 Å². The predicted octanol–water partition coefficient (Wildman–Crippen LogP) is 1.61. The topological polar surface area (TPSA) is 12.0 Å². The highest BCUT2D eigenvalue weighted by Crippen LogP contribution is 1.95. The van der Waals surface area contributed by atoms with Crippen molar-refractivity contribution >= 4 is 34.1 Å². The fourth-order valence-electron chi connectivity index (χ4n) is 0.645. The lowest BCUT2D eigenvalue weighted by Gasteiger charge is -1.80. The van der Waals surface area contributed by atoms with Crippen molar-refractivity contribution in [2.24, 2.45) is 0 Å². The highest BCUT2D eigenvalue weighted by atomic mass is 35.5. The zero-order chi connectivity index (χ0) is 8.53. The van der Waals surface area contributed by atoms with Crippen LogP contribution in [-0.2, 0) is 4.55 Å². The molecule has 7 radical (unpaired) electrons. The van der Waals surface area contributed by atoms with Gasteiger partial charge in [0.05, 0.1) is 0 Å². The molecule has 1 aromatic carbocycles. The van der Waals surface area contributed by atoms with Crippen LogP contribution in [-0.4, -0.2) is 35.8 Å². The molecule has 0 fully saturated rings. The van der Waals surface area contributed by atoms with E-state index >= 15 is 0 Å². The van der Waals surface area contributed by atoms with Gasteiger partial charge in [-0.05, 0) is 14.1 Å². The lowest BCUT2D eigenvalue weighted by Crippen LogP contribution is -1.89. The Bertz CT molecular complexity index is 167. The van der Waals surface area contributed by atoms with Gasteiger partial charge in [-0.1, -0.05) is 30.3 Å². The molecule has 0 amide bonds. The number of benzene rings is 1. The first-order chi connectivity index (χ1) is 5.35. The van der Waals surface area contributed by atoms with E-state index in [1.807, 2.05) is 41.9 Å². The van der Waals surface area contributed by atoms with Crippen molar-refractivity contribution in [1.82, 2.24) is 5.32 Å². The molecule has 0 bridgehead atoms. The van der Waals surface area contributed by atoms with Crippen molar-refractivity contribution in [1.29, 1.82) is 0 Å². The van der Waals surface area contributed by atoms with E-state index in [4.69, 9.17) is 0 Å². The minimum Gasteiger partial charge on any atom is -0.323 e. The molecular weight excluding hydrogens is 182 g/mol. The van der Waals surface area contributed by atoms with Gasteiger partial charge in [0.25, 0.3) is 4.55 Å². The summed E-state index contributed by atoms with van der Waals surface area (Å²) in [6.45, 7) is 0. The van der Waals surface area contributed by atoms with E-state index in [-0.39, 0.29) is 12.4 Å². The van der Waals surface area contributed by atoms with Gasteiger partial charge in [0.1, 0.15) is 0 Å². The van der Waals surface area contributed by atoms with E-state index in [1.165, 1.54) is 10.1 Å². The van der Waals surface area contributed by atoms with Gasteiger partial charge in [-0.25, -0.2) is 0 Å². The summed E-state index contributed by atoms with van der Waals surface area (Å²) in [6.07, 6.45) is 0. The molecule has 0 saturated carbocycles. The zero-order valence-electron chi connectivity index (χ0n) is 7.71. The molecule has 0 aromatic heterocycles. The average molecular weight is 197 g/mol. The van der Waals surface area contributed by atoms with Gasteiger partial charge in [0.2, 0.25) is 0 Å². The summed E-state index contributed by atoms with van der Waals surface area (Å²) in [5.41, 5.74) is 1.42. The Morgan fingerprint density at radius 2 is 1.58 bits per heavy atom. The Morgan fingerprint density at radius 3 is 1.83 bits per heavy atom. The summed E-state index contributed by atoms with van der Waals surface area (Å²) < 4.78 is 1.17. The van der Waals surface area contributed by atoms with Crippen molar-refractivity contribution in [2.75, 3.05) is 14.1 Å². The molecule has 1 aromatic rings. The first-order valence-electron chi connectivity index (χ1n) is 3.76. The summed E-state index contributed by atoms with van der Waals surface area (Å²) in [5, 5.41) is 2.75. The minimum atomic E-state index is 0. The van der Waals surface area contributed by atoms with Crippen LogP contribution in [0.15, 0.2) is 30.3 Å². The van der Waals surface area contributed by atoms with Crippen LogP contribution in [0, 0.1) is 0 Å². The molecule has 3 heteroatoms. The molecule has 63 valence electrons. The van der Waals surface area contributed by atoms with E-state index in [1.54, 1.807) is 0 Å². The highest BCUT2D eigenvalue weighted by molar-refractivity contribution is 6.08. The lowest BCUT2D eigenvalue weighted by molar-refractivity contribution is 1.02. The smallest absolute Gasteiger partial charge is 0.323 e.